The minimum Gasteiger partial charge on any atom is -0.322 e. The number of amides is 1. The van der Waals surface area contributed by atoms with E-state index in [0.717, 1.165) is 17.7 Å². The van der Waals surface area contributed by atoms with Gasteiger partial charge in [-0.15, -0.1) is 11.6 Å². The number of halogens is 4. The molecule has 2 nitrogen and oxygen atoms in total. The van der Waals surface area contributed by atoms with Gasteiger partial charge >= 0.3 is 0 Å². The first-order valence-electron chi connectivity index (χ1n) is 5.62. The van der Waals surface area contributed by atoms with Crippen molar-refractivity contribution in [3.8, 4) is 0 Å². The van der Waals surface area contributed by atoms with Crippen LogP contribution in [-0.4, -0.2) is 5.91 Å². The van der Waals surface area contributed by atoms with Gasteiger partial charge in [-0.05, 0) is 29.8 Å². The third kappa shape index (κ3) is 3.35. The second-order valence-corrected chi connectivity index (χ2v) is 5.22. The van der Waals surface area contributed by atoms with Gasteiger partial charge < -0.3 is 5.32 Å². The Kier molecular flexibility index (Phi) is 4.73. The zero-order valence-electron chi connectivity index (χ0n) is 10.1. The molecule has 0 unspecified atom stereocenters. The predicted octanol–water partition coefficient (Wildman–Crippen LogP) is 4.72. The molecule has 0 atom stereocenters. The maximum absolute atomic E-state index is 13.7. The summed E-state index contributed by atoms with van der Waals surface area (Å²) in [6.07, 6.45) is 0. The summed E-state index contributed by atoms with van der Waals surface area (Å²) < 4.78 is 27.5. The molecule has 20 heavy (non-hydrogen) atoms. The molecule has 0 radical (unpaired) electrons. The van der Waals surface area contributed by atoms with E-state index in [4.69, 9.17) is 11.6 Å². The third-order valence-electron chi connectivity index (χ3n) is 2.57. The summed E-state index contributed by atoms with van der Waals surface area (Å²) in [6.45, 7) is 0. The Balaban J connectivity index is 2.28. The second kappa shape index (κ2) is 6.33. The molecule has 2 rings (SSSR count). The summed E-state index contributed by atoms with van der Waals surface area (Å²) in [7, 11) is 0. The molecular weight excluding hydrogens is 352 g/mol. The summed E-state index contributed by atoms with van der Waals surface area (Å²) in [5.41, 5.74) is 0.598. The lowest BCUT2D eigenvalue weighted by Gasteiger charge is -2.08. The number of benzene rings is 2. The third-order valence-corrected chi connectivity index (χ3v) is 3.34. The molecule has 0 spiro atoms. The van der Waals surface area contributed by atoms with Crippen LogP contribution in [0.1, 0.15) is 15.9 Å². The molecule has 0 bridgehead atoms. The maximum Gasteiger partial charge on any atom is 0.261 e. The van der Waals surface area contributed by atoms with Crippen molar-refractivity contribution in [1.82, 2.24) is 0 Å². The summed E-state index contributed by atoms with van der Waals surface area (Å²) in [4.78, 5) is 11.9. The fourth-order valence-corrected chi connectivity index (χ4v) is 2.25. The summed E-state index contributed by atoms with van der Waals surface area (Å²) >= 11 is 8.64. The SMILES string of the molecule is O=C(Nc1cccc(CCl)c1)c1c(F)cc(Br)cc1F. The van der Waals surface area contributed by atoms with Gasteiger partial charge in [-0.1, -0.05) is 28.1 Å². The van der Waals surface area contributed by atoms with Gasteiger partial charge in [0.05, 0.1) is 0 Å². The largest absolute Gasteiger partial charge is 0.322 e. The smallest absolute Gasteiger partial charge is 0.261 e. The number of carbonyl (C=O) groups is 1. The number of alkyl halides is 1. The van der Waals surface area contributed by atoms with Gasteiger partial charge in [0.2, 0.25) is 0 Å². The van der Waals surface area contributed by atoms with E-state index >= 15 is 0 Å². The van der Waals surface area contributed by atoms with Crippen LogP contribution < -0.4 is 5.32 Å². The highest BCUT2D eigenvalue weighted by Crippen LogP contribution is 2.21. The normalized spacial score (nSPS) is 10.4. The van der Waals surface area contributed by atoms with Crippen LogP contribution in [0.25, 0.3) is 0 Å². The summed E-state index contributed by atoms with van der Waals surface area (Å²) in [6, 6.07) is 8.80. The van der Waals surface area contributed by atoms with Gasteiger partial charge in [0.15, 0.2) is 0 Å². The lowest BCUT2D eigenvalue weighted by Crippen LogP contribution is -2.16. The molecule has 2 aromatic carbocycles. The molecule has 1 amide bonds. The Morgan fingerprint density at radius 1 is 1.20 bits per heavy atom. The number of hydrogen-bond acceptors (Lipinski definition) is 1. The van der Waals surface area contributed by atoms with Crippen LogP contribution >= 0.6 is 27.5 Å². The van der Waals surface area contributed by atoms with Crippen LogP contribution in [0.2, 0.25) is 0 Å². The monoisotopic (exact) mass is 359 g/mol. The zero-order chi connectivity index (χ0) is 14.7. The quantitative estimate of drug-likeness (QED) is 0.789. The van der Waals surface area contributed by atoms with Crippen molar-refractivity contribution >= 4 is 39.1 Å². The van der Waals surface area contributed by atoms with Gasteiger partial charge in [0.25, 0.3) is 5.91 Å². The molecule has 2 aromatic rings. The van der Waals surface area contributed by atoms with Crippen molar-refractivity contribution in [1.29, 1.82) is 0 Å². The highest BCUT2D eigenvalue weighted by molar-refractivity contribution is 9.10. The molecule has 104 valence electrons. The molecule has 0 aliphatic heterocycles. The van der Waals surface area contributed by atoms with Gasteiger partial charge in [-0.3, -0.25) is 4.79 Å². The average Bonchev–Trinajstić information content (AvgIpc) is 2.37. The number of carbonyl (C=O) groups excluding carboxylic acids is 1. The predicted molar refractivity (Wildman–Crippen MR) is 78.0 cm³/mol. The first-order chi connectivity index (χ1) is 9.51. The topological polar surface area (TPSA) is 29.1 Å². The number of anilines is 1. The van der Waals surface area contributed by atoms with Gasteiger partial charge in [-0.2, -0.15) is 0 Å². The fraction of sp³-hybridized carbons (Fsp3) is 0.0714. The van der Waals surface area contributed by atoms with Crippen LogP contribution in [0.15, 0.2) is 40.9 Å². The highest BCUT2D eigenvalue weighted by atomic mass is 79.9. The van der Waals surface area contributed by atoms with Crippen molar-refractivity contribution in [3.05, 3.63) is 63.6 Å². The maximum atomic E-state index is 13.7. The number of nitrogens with one attached hydrogen (secondary N) is 1. The van der Waals surface area contributed by atoms with Gasteiger partial charge in [0.1, 0.15) is 17.2 Å². The van der Waals surface area contributed by atoms with E-state index in [1.807, 2.05) is 0 Å². The molecule has 1 N–H and O–H groups in total. The van der Waals surface area contributed by atoms with Crippen LogP contribution in [0.5, 0.6) is 0 Å². The van der Waals surface area contributed by atoms with E-state index in [1.54, 1.807) is 24.3 Å². The highest BCUT2D eigenvalue weighted by Gasteiger charge is 2.18. The minimum absolute atomic E-state index is 0.230. The molecule has 0 fully saturated rings. The molecular formula is C14H9BrClF2NO. The Morgan fingerprint density at radius 3 is 2.45 bits per heavy atom. The van der Waals surface area contributed by atoms with Crippen molar-refractivity contribution in [2.24, 2.45) is 0 Å². The average molecular weight is 361 g/mol. The lowest BCUT2D eigenvalue weighted by molar-refractivity contribution is 0.101. The Bertz CT molecular complexity index is 640. The minimum atomic E-state index is -0.928. The van der Waals surface area contributed by atoms with Crippen molar-refractivity contribution in [2.75, 3.05) is 5.32 Å². The Labute approximate surface area is 127 Å². The lowest BCUT2D eigenvalue weighted by atomic mass is 10.1. The Hall–Kier alpha value is -1.46. The van der Waals surface area contributed by atoms with Crippen LogP contribution in [0, 0.1) is 11.6 Å². The first kappa shape index (κ1) is 14.9. The standard InChI is InChI=1S/C14H9BrClF2NO/c15-9-5-11(17)13(12(18)6-9)14(20)19-10-3-1-2-8(4-10)7-16/h1-6H,7H2,(H,19,20). The molecule has 0 aliphatic carbocycles. The summed E-state index contributed by atoms with van der Waals surface area (Å²) in [5, 5.41) is 2.44. The van der Waals surface area contributed by atoms with Crippen LogP contribution in [-0.2, 0) is 5.88 Å². The molecule has 6 heteroatoms. The van der Waals surface area contributed by atoms with E-state index in [1.165, 1.54) is 0 Å². The van der Waals surface area contributed by atoms with Crippen molar-refractivity contribution in [2.45, 2.75) is 5.88 Å². The van der Waals surface area contributed by atoms with E-state index in [0.29, 0.717) is 5.69 Å². The first-order valence-corrected chi connectivity index (χ1v) is 6.95. The van der Waals surface area contributed by atoms with Crippen LogP contribution in [0.4, 0.5) is 14.5 Å². The molecule has 0 aliphatic rings. The van der Waals surface area contributed by atoms with Crippen molar-refractivity contribution in [3.63, 3.8) is 0 Å². The zero-order valence-corrected chi connectivity index (χ0v) is 12.4. The van der Waals surface area contributed by atoms with Gasteiger partial charge in [0, 0.05) is 16.0 Å². The van der Waals surface area contributed by atoms with E-state index < -0.39 is 23.1 Å². The van der Waals surface area contributed by atoms with E-state index in [-0.39, 0.29) is 10.4 Å². The van der Waals surface area contributed by atoms with E-state index in [2.05, 4.69) is 21.2 Å². The molecule has 0 aromatic heterocycles. The van der Waals surface area contributed by atoms with Gasteiger partial charge in [-0.25, -0.2) is 8.78 Å². The fourth-order valence-electron chi connectivity index (χ4n) is 1.68. The molecule has 0 saturated heterocycles. The number of rotatable bonds is 3. The molecule has 0 saturated carbocycles. The summed E-state index contributed by atoms with van der Waals surface area (Å²) in [5.74, 6) is -2.42. The van der Waals surface area contributed by atoms with Crippen molar-refractivity contribution < 1.29 is 13.6 Å². The Morgan fingerprint density at radius 2 is 1.85 bits per heavy atom. The van der Waals surface area contributed by atoms with Crippen LogP contribution in [0.3, 0.4) is 0 Å². The van der Waals surface area contributed by atoms with E-state index in [9.17, 15) is 13.6 Å². The second-order valence-electron chi connectivity index (χ2n) is 4.03. The number of hydrogen-bond donors (Lipinski definition) is 1. The molecule has 0 heterocycles.